The summed E-state index contributed by atoms with van der Waals surface area (Å²) < 4.78 is 16.3. The van der Waals surface area contributed by atoms with Crippen LogP contribution >= 0.6 is 15.9 Å². The van der Waals surface area contributed by atoms with Crippen LogP contribution in [0.1, 0.15) is 10.4 Å². The van der Waals surface area contributed by atoms with Crippen molar-refractivity contribution in [1.82, 2.24) is 0 Å². The van der Waals surface area contributed by atoms with Crippen LogP contribution in [0.3, 0.4) is 0 Å². The fraction of sp³-hybridized carbons (Fsp3) is 0.0556. The maximum atomic E-state index is 11.9. The standard InChI is InChI=1S/C18H12BrNO6/c19-13-3-1-2-4-14(13)24-9-16(21)25-11-6-5-10-7-12(17(20)22)18(23)26-15(10)8-11/h1-8H,9H2,(H2,20,22). The number of para-hydroxylation sites is 1. The van der Waals surface area contributed by atoms with Crippen molar-refractivity contribution in [3.05, 3.63) is 69.0 Å². The van der Waals surface area contributed by atoms with E-state index in [1.807, 2.05) is 6.07 Å². The summed E-state index contributed by atoms with van der Waals surface area (Å²) in [5, 5.41) is 0.475. The first-order valence-corrected chi connectivity index (χ1v) is 8.19. The number of rotatable bonds is 5. The number of hydrogen-bond donors (Lipinski definition) is 1. The quantitative estimate of drug-likeness (QED) is 0.388. The van der Waals surface area contributed by atoms with Gasteiger partial charge in [0, 0.05) is 11.5 Å². The van der Waals surface area contributed by atoms with Crippen LogP contribution in [0.2, 0.25) is 0 Å². The van der Waals surface area contributed by atoms with E-state index in [0.29, 0.717) is 15.6 Å². The maximum absolute atomic E-state index is 11.9. The number of fused-ring (bicyclic) bond motifs is 1. The molecule has 2 N–H and O–H groups in total. The molecule has 0 fully saturated rings. The zero-order chi connectivity index (χ0) is 18.7. The summed E-state index contributed by atoms with van der Waals surface area (Å²) in [5.74, 6) is -0.822. The largest absolute Gasteiger partial charge is 0.481 e. The smallest absolute Gasteiger partial charge is 0.349 e. The van der Waals surface area contributed by atoms with Crippen molar-refractivity contribution in [2.75, 3.05) is 6.61 Å². The monoisotopic (exact) mass is 417 g/mol. The number of primary amides is 1. The van der Waals surface area contributed by atoms with Crippen molar-refractivity contribution < 1.29 is 23.5 Å². The number of hydrogen-bond acceptors (Lipinski definition) is 6. The third kappa shape index (κ3) is 3.92. The molecule has 0 saturated heterocycles. The van der Waals surface area contributed by atoms with Gasteiger partial charge >= 0.3 is 11.6 Å². The first kappa shape index (κ1) is 17.7. The molecule has 0 unspecified atom stereocenters. The summed E-state index contributed by atoms with van der Waals surface area (Å²) in [6.45, 7) is -0.300. The van der Waals surface area contributed by atoms with Gasteiger partial charge in [0.05, 0.1) is 4.47 Å². The van der Waals surface area contributed by atoms with Crippen molar-refractivity contribution in [1.29, 1.82) is 0 Å². The molecule has 3 aromatic rings. The zero-order valence-electron chi connectivity index (χ0n) is 13.2. The Labute approximate surface area is 155 Å². The number of esters is 1. The molecule has 8 heteroatoms. The number of amides is 1. The van der Waals surface area contributed by atoms with Gasteiger partial charge in [0.2, 0.25) is 0 Å². The lowest BCUT2D eigenvalue weighted by Crippen LogP contribution is -2.20. The van der Waals surface area contributed by atoms with Crippen LogP contribution in [0.25, 0.3) is 11.0 Å². The van der Waals surface area contributed by atoms with E-state index in [1.165, 1.54) is 18.2 Å². The highest BCUT2D eigenvalue weighted by atomic mass is 79.9. The van der Waals surface area contributed by atoms with E-state index in [9.17, 15) is 14.4 Å². The lowest BCUT2D eigenvalue weighted by atomic mass is 10.2. The summed E-state index contributed by atoms with van der Waals surface area (Å²) in [4.78, 5) is 34.8. The highest BCUT2D eigenvalue weighted by Crippen LogP contribution is 2.24. The van der Waals surface area contributed by atoms with E-state index in [1.54, 1.807) is 24.3 Å². The van der Waals surface area contributed by atoms with Crippen molar-refractivity contribution in [3.63, 3.8) is 0 Å². The van der Waals surface area contributed by atoms with Crippen LogP contribution in [-0.2, 0) is 4.79 Å². The van der Waals surface area contributed by atoms with Gasteiger partial charge < -0.3 is 19.6 Å². The Morgan fingerprint density at radius 1 is 1.12 bits per heavy atom. The number of carbonyl (C=O) groups excluding carboxylic acids is 2. The normalized spacial score (nSPS) is 10.5. The molecule has 1 amide bonds. The third-order valence-electron chi connectivity index (χ3n) is 3.39. The van der Waals surface area contributed by atoms with E-state index in [4.69, 9.17) is 19.6 Å². The average Bonchev–Trinajstić information content (AvgIpc) is 2.60. The van der Waals surface area contributed by atoms with Crippen LogP contribution in [0.4, 0.5) is 0 Å². The predicted octanol–water partition coefficient (Wildman–Crippen LogP) is 2.64. The van der Waals surface area contributed by atoms with E-state index in [2.05, 4.69) is 15.9 Å². The summed E-state index contributed by atoms with van der Waals surface area (Å²) in [6, 6.07) is 12.8. The Morgan fingerprint density at radius 3 is 2.62 bits per heavy atom. The highest BCUT2D eigenvalue weighted by Gasteiger charge is 2.12. The second kappa shape index (κ2) is 7.40. The predicted molar refractivity (Wildman–Crippen MR) is 96.3 cm³/mol. The zero-order valence-corrected chi connectivity index (χ0v) is 14.8. The highest BCUT2D eigenvalue weighted by molar-refractivity contribution is 9.10. The van der Waals surface area contributed by atoms with Gasteiger partial charge in [0.1, 0.15) is 22.6 Å². The molecule has 132 valence electrons. The van der Waals surface area contributed by atoms with Gasteiger partial charge in [-0.05, 0) is 46.3 Å². The molecule has 26 heavy (non-hydrogen) atoms. The molecule has 0 aliphatic heterocycles. The lowest BCUT2D eigenvalue weighted by Gasteiger charge is -2.08. The van der Waals surface area contributed by atoms with E-state index < -0.39 is 17.5 Å². The van der Waals surface area contributed by atoms with E-state index in [-0.39, 0.29) is 23.5 Å². The van der Waals surface area contributed by atoms with E-state index in [0.717, 1.165) is 0 Å². The van der Waals surface area contributed by atoms with Gasteiger partial charge in [-0.15, -0.1) is 0 Å². The summed E-state index contributed by atoms with van der Waals surface area (Å²) in [7, 11) is 0. The minimum atomic E-state index is -0.875. The second-order valence-corrected chi connectivity index (χ2v) is 6.06. The van der Waals surface area contributed by atoms with Crippen LogP contribution in [-0.4, -0.2) is 18.5 Å². The van der Waals surface area contributed by atoms with Crippen molar-refractivity contribution >= 4 is 38.8 Å². The van der Waals surface area contributed by atoms with Gasteiger partial charge in [0.25, 0.3) is 5.91 Å². The van der Waals surface area contributed by atoms with Gasteiger partial charge in [-0.1, -0.05) is 12.1 Å². The van der Waals surface area contributed by atoms with Crippen molar-refractivity contribution in [2.24, 2.45) is 5.73 Å². The van der Waals surface area contributed by atoms with Crippen LogP contribution in [0.5, 0.6) is 11.5 Å². The molecule has 3 rings (SSSR count). The molecule has 2 aromatic carbocycles. The average molecular weight is 418 g/mol. The molecule has 0 aliphatic rings. The molecular weight excluding hydrogens is 406 g/mol. The molecule has 0 saturated carbocycles. The Balaban J connectivity index is 1.73. The number of nitrogens with two attached hydrogens (primary N) is 1. The van der Waals surface area contributed by atoms with Crippen LogP contribution in [0.15, 0.2) is 62.2 Å². The van der Waals surface area contributed by atoms with Crippen LogP contribution in [0, 0.1) is 0 Å². The summed E-state index contributed by atoms with van der Waals surface area (Å²) in [6.07, 6.45) is 0. The fourth-order valence-corrected chi connectivity index (χ4v) is 2.59. The minimum Gasteiger partial charge on any atom is -0.481 e. The molecule has 0 aliphatic carbocycles. The van der Waals surface area contributed by atoms with Crippen LogP contribution < -0.4 is 20.8 Å². The van der Waals surface area contributed by atoms with Gasteiger partial charge in [-0.3, -0.25) is 4.79 Å². The second-order valence-electron chi connectivity index (χ2n) is 5.20. The molecule has 0 atom stereocenters. The summed E-state index contributed by atoms with van der Waals surface area (Å²) >= 11 is 3.31. The first-order valence-electron chi connectivity index (χ1n) is 7.40. The Hall–Kier alpha value is -3.13. The Bertz CT molecular complexity index is 1060. The maximum Gasteiger partial charge on any atom is 0.349 e. The fourth-order valence-electron chi connectivity index (χ4n) is 2.19. The topological polar surface area (TPSA) is 109 Å². The molecule has 0 radical (unpaired) electrons. The molecular formula is C18H12BrNO6. The molecule has 1 heterocycles. The van der Waals surface area contributed by atoms with Gasteiger partial charge in [0.15, 0.2) is 6.61 Å². The van der Waals surface area contributed by atoms with Crippen molar-refractivity contribution in [2.45, 2.75) is 0 Å². The molecule has 0 spiro atoms. The molecule has 0 bridgehead atoms. The minimum absolute atomic E-state index is 0.164. The number of benzene rings is 2. The van der Waals surface area contributed by atoms with Crippen molar-refractivity contribution in [3.8, 4) is 11.5 Å². The summed E-state index contributed by atoms with van der Waals surface area (Å²) in [5.41, 5.74) is 4.17. The van der Waals surface area contributed by atoms with Gasteiger partial charge in [-0.25, -0.2) is 9.59 Å². The lowest BCUT2D eigenvalue weighted by molar-refractivity contribution is -0.136. The van der Waals surface area contributed by atoms with Gasteiger partial charge in [-0.2, -0.15) is 0 Å². The first-order chi connectivity index (χ1) is 12.4. The number of halogens is 1. The Kier molecular flexibility index (Phi) is 5.04. The SMILES string of the molecule is NC(=O)c1cc2ccc(OC(=O)COc3ccccc3Br)cc2oc1=O. The van der Waals surface area contributed by atoms with E-state index >= 15 is 0 Å². The third-order valence-corrected chi connectivity index (χ3v) is 4.04. The molecule has 7 nitrogen and oxygen atoms in total. The number of ether oxygens (including phenoxy) is 2. The Morgan fingerprint density at radius 2 is 1.88 bits per heavy atom. The molecule has 1 aromatic heterocycles. The number of carbonyl (C=O) groups is 2.